The van der Waals surface area contributed by atoms with Crippen molar-refractivity contribution in [1.82, 2.24) is 4.90 Å². The molecule has 0 unspecified atom stereocenters. The highest BCUT2D eigenvalue weighted by atomic mass is 16.5. The van der Waals surface area contributed by atoms with Crippen LogP contribution in [0, 0.1) is 0 Å². The topological polar surface area (TPSA) is 75.7 Å². The molecule has 0 aromatic heterocycles. The molecule has 0 radical (unpaired) electrons. The molecule has 0 saturated carbocycles. The number of fused-ring (bicyclic) bond motifs is 1. The summed E-state index contributed by atoms with van der Waals surface area (Å²) < 4.78 is 5.83. The van der Waals surface area contributed by atoms with Gasteiger partial charge in [-0.15, -0.1) is 0 Å². The first-order chi connectivity index (χ1) is 14.1. The summed E-state index contributed by atoms with van der Waals surface area (Å²) in [5.41, 5.74) is 1.27. The maximum Gasteiger partial charge on any atom is 0.261 e. The largest absolute Gasteiger partial charge is 0.455 e. The van der Waals surface area contributed by atoms with E-state index in [0.29, 0.717) is 28.3 Å². The Morgan fingerprint density at radius 2 is 1.38 bits per heavy atom. The molecule has 1 N–H and O–H groups in total. The number of nitrogens with zero attached hydrogens (tertiary/aromatic N) is 1. The van der Waals surface area contributed by atoms with Gasteiger partial charge in [-0.3, -0.25) is 19.3 Å². The number of anilines is 1. The van der Waals surface area contributed by atoms with Crippen LogP contribution in [0.3, 0.4) is 0 Å². The minimum Gasteiger partial charge on any atom is -0.455 e. The van der Waals surface area contributed by atoms with Crippen molar-refractivity contribution in [3.05, 3.63) is 90.0 Å². The fourth-order valence-electron chi connectivity index (χ4n) is 3.14. The number of hydrogen-bond donors (Lipinski definition) is 1. The van der Waals surface area contributed by atoms with Gasteiger partial charge in [0.25, 0.3) is 11.8 Å². The molecule has 0 aliphatic carbocycles. The van der Waals surface area contributed by atoms with Crippen molar-refractivity contribution in [2.24, 2.45) is 0 Å². The lowest BCUT2D eigenvalue weighted by Crippen LogP contribution is -2.32. The second-order valence-corrected chi connectivity index (χ2v) is 6.52. The van der Waals surface area contributed by atoms with Crippen LogP contribution < -0.4 is 10.1 Å². The fourth-order valence-corrected chi connectivity index (χ4v) is 3.14. The number of benzene rings is 3. The molecule has 29 heavy (non-hydrogen) atoms. The van der Waals surface area contributed by atoms with Gasteiger partial charge >= 0.3 is 0 Å². The van der Waals surface area contributed by atoms with Crippen molar-refractivity contribution in [3.63, 3.8) is 0 Å². The summed E-state index contributed by atoms with van der Waals surface area (Å²) in [6.45, 7) is 0.0138. The zero-order chi connectivity index (χ0) is 20.2. The smallest absolute Gasteiger partial charge is 0.261 e. The van der Waals surface area contributed by atoms with Gasteiger partial charge in [-0.25, -0.2) is 0 Å². The molecule has 0 spiro atoms. The Balaban J connectivity index is 1.40. The molecule has 1 heterocycles. The standard InChI is InChI=1S/C23H18N2O4/c26-21(14-15-25-22(27)17-10-4-5-11-18(17)23(25)28)24-19-12-6-7-13-20(19)29-16-8-2-1-3-9-16/h1-13H,14-15H2,(H,24,26). The van der Waals surface area contributed by atoms with Crippen molar-refractivity contribution < 1.29 is 19.1 Å². The van der Waals surface area contributed by atoms with Gasteiger partial charge in [0.15, 0.2) is 5.75 Å². The normalized spacial score (nSPS) is 12.6. The Labute approximate surface area is 167 Å². The van der Waals surface area contributed by atoms with Crippen molar-refractivity contribution in [2.75, 3.05) is 11.9 Å². The van der Waals surface area contributed by atoms with Gasteiger partial charge in [-0.05, 0) is 36.4 Å². The second-order valence-electron chi connectivity index (χ2n) is 6.52. The fraction of sp³-hybridized carbons (Fsp3) is 0.0870. The van der Waals surface area contributed by atoms with E-state index in [0.717, 1.165) is 4.90 Å². The maximum atomic E-state index is 12.4. The SMILES string of the molecule is O=C(CCN1C(=O)c2ccccc2C1=O)Nc1ccccc1Oc1ccccc1. The number of nitrogens with one attached hydrogen (secondary N) is 1. The average molecular weight is 386 g/mol. The highest BCUT2D eigenvalue weighted by molar-refractivity contribution is 6.21. The van der Waals surface area contributed by atoms with Gasteiger partial charge in [0.2, 0.25) is 5.91 Å². The van der Waals surface area contributed by atoms with Crippen LogP contribution in [0.1, 0.15) is 27.1 Å². The Bertz CT molecular complexity index is 1040. The van der Waals surface area contributed by atoms with Gasteiger partial charge in [0.05, 0.1) is 16.8 Å². The number of para-hydroxylation sites is 3. The number of rotatable bonds is 6. The highest BCUT2D eigenvalue weighted by Gasteiger charge is 2.34. The van der Waals surface area contributed by atoms with Gasteiger partial charge in [0, 0.05) is 13.0 Å². The van der Waals surface area contributed by atoms with Gasteiger partial charge in [-0.2, -0.15) is 0 Å². The van der Waals surface area contributed by atoms with Gasteiger partial charge in [-0.1, -0.05) is 42.5 Å². The number of amides is 3. The van der Waals surface area contributed by atoms with E-state index in [9.17, 15) is 14.4 Å². The third kappa shape index (κ3) is 3.87. The molecule has 3 amide bonds. The first kappa shape index (κ1) is 18.4. The summed E-state index contributed by atoms with van der Waals surface area (Å²) in [7, 11) is 0. The Hall–Kier alpha value is -3.93. The van der Waals surface area contributed by atoms with Gasteiger partial charge < -0.3 is 10.1 Å². The van der Waals surface area contributed by atoms with Crippen LogP contribution in [-0.2, 0) is 4.79 Å². The number of carbonyl (C=O) groups is 3. The predicted octanol–water partition coefficient (Wildman–Crippen LogP) is 4.10. The molecule has 0 bridgehead atoms. The van der Waals surface area contributed by atoms with Crippen LogP contribution >= 0.6 is 0 Å². The van der Waals surface area contributed by atoms with E-state index in [1.807, 2.05) is 36.4 Å². The van der Waals surface area contributed by atoms with Crippen LogP contribution in [-0.4, -0.2) is 29.2 Å². The second kappa shape index (κ2) is 7.98. The molecule has 1 aliphatic rings. The molecule has 4 rings (SSSR count). The quantitative estimate of drug-likeness (QED) is 0.647. The van der Waals surface area contributed by atoms with E-state index in [1.165, 1.54) is 0 Å². The lowest BCUT2D eigenvalue weighted by atomic mass is 10.1. The third-order valence-corrected chi connectivity index (χ3v) is 4.57. The number of imide groups is 1. The van der Waals surface area contributed by atoms with Crippen LogP contribution in [0.15, 0.2) is 78.9 Å². The monoisotopic (exact) mass is 386 g/mol. The van der Waals surface area contributed by atoms with Crippen LogP contribution in [0.25, 0.3) is 0 Å². The molecule has 3 aromatic carbocycles. The van der Waals surface area contributed by atoms with Crippen LogP contribution in [0.2, 0.25) is 0 Å². The average Bonchev–Trinajstić information content (AvgIpc) is 2.99. The van der Waals surface area contributed by atoms with Gasteiger partial charge in [0.1, 0.15) is 5.75 Å². The van der Waals surface area contributed by atoms with Crippen molar-refractivity contribution in [1.29, 1.82) is 0 Å². The Morgan fingerprint density at radius 3 is 2.07 bits per heavy atom. The maximum absolute atomic E-state index is 12.4. The summed E-state index contributed by atoms with van der Waals surface area (Å²) in [5.74, 6) is 0.107. The summed E-state index contributed by atoms with van der Waals surface area (Å²) >= 11 is 0. The minimum atomic E-state index is -0.369. The molecule has 1 aliphatic heterocycles. The third-order valence-electron chi connectivity index (χ3n) is 4.57. The van der Waals surface area contributed by atoms with E-state index in [-0.39, 0.29) is 30.7 Å². The number of hydrogen-bond acceptors (Lipinski definition) is 4. The van der Waals surface area contributed by atoms with Crippen molar-refractivity contribution in [3.8, 4) is 11.5 Å². The highest BCUT2D eigenvalue weighted by Crippen LogP contribution is 2.29. The summed E-state index contributed by atoms with van der Waals surface area (Å²) in [6, 6.07) is 23.0. The molecule has 6 heteroatoms. The number of ether oxygens (including phenoxy) is 1. The molecule has 0 fully saturated rings. The summed E-state index contributed by atoms with van der Waals surface area (Å²) in [4.78, 5) is 38.3. The van der Waals surface area contributed by atoms with E-state index >= 15 is 0 Å². The molecule has 144 valence electrons. The predicted molar refractivity (Wildman–Crippen MR) is 108 cm³/mol. The molecule has 0 saturated heterocycles. The van der Waals surface area contributed by atoms with Crippen LogP contribution in [0.5, 0.6) is 11.5 Å². The lowest BCUT2D eigenvalue weighted by molar-refractivity contribution is -0.116. The Morgan fingerprint density at radius 1 is 0.793 bits per heavy atom. The molecular formula is C23H18N2O4. The van der Waals surface area contributed by atoms with Crippen molar-refractivity contribution in [2.45, 2.75) is 6.42 Å². The summed E-state index contributed by atoms with van der Waals surface area (Å²) in [6.07, 6.45) is -0.00879. The minimum absolute atomic E-state index is 0.00879. The van der Waals surface area contributed by atoms with E-state index in [1.54, 1.807) is 42.5 Å². The first-order valence-electron chi connectivity index (χ1n) is 9.20. The molecule has 6 nitrogen and oxygen atoms in total. The van der Waals surface area contributed by atoms with E-state index in [2.05, 4.69) is 5.32 Å². The Kier molecular flexibility index (Phi) is 5.07. The zero-order valence-corrected chi connectivity index (χ0v) is 15.5. The number of carbonyl (C=O) groups excluding carboxylic acids is 3. The summed E-state index contributed by atoms with van der Waals surface area (Å²) in [5, 5.41) is 2.79. The van der Waals surface area contributed by atoms with Crippen molar-refractivity contribution >= 4 is 23.4 Å². The first-order valence-corrected chi connectivity index (χ1v) is 9.20. The lowest BCUT2D eigenvalue weighted by Gasteiger charge is -2.15. The van der Waals surface area contributed by atoms with Crippen LogP contribution in [0.4, 0.5) is 5.69 Å². The molecule has 0 atom stereocenters. The zero-order valence-electron chi connectivity index (χ0n) is 15.5. The van der Waals surface area contributed by atoms with E-state index < -0.39 is 0 Å². The van der Waals surface area contributed by atoms with E-state index in [4.69, 9.17) is 4.74 Å². The molecular weight excluding hydrogens is 368 g/mol. The molecule has 3 aromatic rings.